The van der Waals surface area contributed by atoms with Gasteiger partial charge in [-0.2, -0.15) is 0 Å². The Morgan fingerprint density at radius 2 is 2.04 bits per heavy atom. The number of imide groups is 1. The minimum absolute atomic E-state index is 0.109. The average molecular weight is 408 g/mol. The van der Waals surface area contributed by atoms with Crippen LogP contribution in [0.4, 0.5) is 4.79 Å². The first kappa shape index (κ1) is 18.6. The first-order valence-electron chi connectivity index (χ1n) is 7.65. The molecule has 2 aromatic rings. The predicted molar refractivity (Wildman–Crippen MR) is 103 cm³/mol. The molecular weight excluding hydrogens is 394 g/mol. The molecule has 1 aromatic heterocycles. The van der Waals surface area contributed by atoms with Gasteiger partial charge in [0.25, 0.3) is 17.1 Å². The molecular formula is C17H14ClN3O3S2. The van der Waals surface area contributed by atoms with Crippen LogP contribution in [0.2, 0.25) is 5.02 Å². The summed E-state index contributed by atoms with van der Waals surface area (Å²) in [7, 11) is 0. The van der Waals surface area contributed by atoms with Crippen molar-refractivity contribution in [2.45, 2.75) is 6.92 Å². The molecule has 1 aromatic carbocycles. The fourth-order valence-electron chi connectivity index (χ4n) is 2.24. The van der Waals surface area contributed by atoms with Crippen molar-refractivity contribution in [2.75, 3.05) is 13.1 Å². The fraction of sp³-hybridized carbons (Fsp3) is 0.176. The third-order valence-corrected chi connectivity index (χ3v) is 5.45. The van der Waals surface area contributed by atoms with Crippen LogP contribution in [-0.4, -0.2) is 40.0 Å². The van der Waals surface area contributed by atoms with Crippen molar-refractivity contribution in [2.24, 2.45) is 0 Å². The highest BCUT2D eigenvalue weighted by Crippen LogP contribution is 2.32. The molecule has 0 spiro atoms. The third-order valence-electron chi connectivity index (χ3n) is 3.51. The van der Waals surface area contributed by atoms with Gasteiger partial charge in [0.2, 0.25) is 0 Å². The number of thiazole rings is 1. The van der Waals surface area contributed by atoms with Gasteiger partial charge in [0.15, 0.2) is 0 Å². The molecule has 1 aliphatic rings. The number of hydrogen-bond donors (Lipinski definition) is 1. The van der Waals surface area contributed by atoms with Crippen LogP contribution in [0.1, 0.15) is 21.1 Å². The normalized spacial score (nSPS) is 15.8. The molecule has 0 unspecified atom stereocenters. The molecule has 2 heterocycles. The molecule has 9 heteroatoms. The van der Waals surface area contributed by atoms with Crippen LogP contribution in [0, 0.1) is 6.92 Å². The van der Waals surface area contributed by atoms with Gasteiger partial charge in [-0.25, -0.2) is 4.98 Å². The lowest BCUT2D eigenvalue weighted by Gasteiger charge is -2.12. The predicted octanol–water partition coefficient (Wildman–Crippen LogP) is 3.57. The van der Waals surface area contributed by atoms with E-state index in [2.05, 4.69) is 10.3 Å². The van der Waals surface area contributed by atoms with E-state index in [1.165, 1.54) is 11.3 Å². The average Bonchev–Trinajstić information content (AvgIpc) is 3.15. The van der Waals surface area contributed by atoms with E-state index in [0.29, 0.717) is 15.6 Å². The number of carbonyl (C=O) groups excluding carboxylic acids is 3. The molecule has 1 N–H and O–H groups in total. The molecule has 0 saturated carbocycles. The molecule has 0 radical (unpaired) electrons. The lowest BCUT2D eigenvalue weighted by molar-refractivity contribution is -0.122. The Morgan fingerprint density at radius 3 is 2.69 bits per heavy atom. The standard InChI is InChI=1S/C17H14ClN3O3S2/c1-10-20-13(9-25-10)15(22)19-6-7-21-16(23)14(26-17(21)24)8-11-2-4-12(18)5-3-11/h2-5,8-9H,6-7H2,1H3,(H,19,22)/b14-8+. The van der Waals surface area contributed by atoms with Crippen LogP contribution >= 0.6 is 34.7 Å². The Balaban J connectivity index is 1.58. The molecule has 1 fully saturated rings. The summed E-state index contributed by atoms with van der Waals surface area (Å²) in [5, 5.41) is 5.38. The number of aromatic nitrogens is 1. The number of halogens is 1. The molecule has 1 saturated heterocycles. The first-order valence-corrected chi connectivity index (χ1v) is 9.73. The van der Waals surface area contributed by atoms with Gasteiger partial charge in [-0.05, 0) is 42.5 Å². The summed E-state index contributed by atoms with van der Waals surface area (Å²) in [6.07, 6.45) is 1.65. The maximum Gasteiger partial charge on any atom is 0.293 e. The van der Waals surface area contributed by atoms with Crippen molar-refractivity contribution >= 4 is 57.8 Å². The van der Waals surface area contributed by atoms with Gasteiger partial charge in [0.05, 0.1) is 9.91 Å². The smallest absolute Gasteiger partial charge is 0.293 e. The third kappa shape index (κ3) is 4.32. The van der Waals surface area contributed by atoms with Crippen molar-refractivity contribution in [3.63, 3.8) is 0 Å². The van der Waals surface area contributed by atoms with E-state index in [1.54, 1.807) is 35.7 Å². The minimum Gasteiger partial charge on any atom is -0.349 e. The molecule has 26 heavy (non-hydrogen) atoms. The molecule has 3 rings (SSSR count). The van der Waals surface area contributed by atoms with Crippen LogP contribution in [0.15, 0.2) is 34.6 Å². The molecule has 6 nitrogen and oxygen atoms in total. The summed E-state index contributed by atoms with van der Waals surface area (Å²) in [6, 6.07) is 6.97. The van der Waals surface area contributed by atoms with Crippen LogP contribution in [-0.2, 0) is 4.79 Å². The summed E-state index contributed by atoms with van der Waals surface area (Å²) in [6.45, 7) is 2.09. The zero-order valence-corrected chi connectivity index (χ0v) is 16.1. The molecule has 0 bridgehead atoms. The number of amides is 3. The highest BCUT2D eigenvalue weighted by atomic mass is 35.5. The highest BCUT2D eigenvalue weighted by molar-refractivity contribution is 8.18. The number of thioether (sulfide) groups is 1. The maximum absolute atomic E-state index is 12.4. The minimum atomic E-state index is -0.367. The Hall–Kier alpha value is -2.16. The van der Waals surface area contributed by atoms with Gasteiger partial charge in [-0.15, -0.1) is 11.3 Å². The van der Waals surface area contributed by atoms with Gasteiger partial charge in [0.1, 0.15) is 5.69 Å². The van der Waals surface area contributed by atoms with E-state index in [9.17, 15) is 14.4 Å². The molecule has 1 aliphatic heterocycles. The number of hydrogen-bond acceptors (Lipinski definition) is 6. The van der Waals surface area contributed by atoms with Crippen LogP contribution in [0.25, 0.3) is 6.08 Å². The number of nitrogens with one attached hydrogen (secondary N) is 1. The SMILES string of the molecule is Cc1nc(C(=O)NCCN2C(=O)S/C(=C/c3ccc(Cl)cc3)C2=O)cs1. The number of rotatable bonds is 5. The number of carbonyl (C=O) groups is 3. The Kier molecular flexibility index (Phi) is 5.75. The van der Waals surface area contributed by atoms with Crippen molar-refractivity contribution in [3.8, 4) is 0 Å². The summed E-state index contributed by atoms with van der Waals surface area (Å²) in [5.41, 5.74) is 1.12. The van der Waals surface area contributed by atoms with Gasteiger partial charge < -0.3 is 5.32 Å². The van der Waals surface area contributed by atoms with E-state index in [0.717, 1.165) is 27.2 Å². The first-order chi connectivity index (χ1) is 12.4. The summed E-state index contributed by atoms with van der Waals surface area (Å²) in [4.78, 5) is 42.0. The Bertz CT molecular complexity index is 893. The summed E-state index contributed by atoms with van der Waals surface area (Å²) < 4.78 is 0. The number of nitrogens with zero attached hydrogens (tertiary/aromatic N) is 2. The van der Waals surface area contributed by atoms with E-state index in [4.69, 9.17) is 11.6 Å². The van der Waals surface area contributed by atoms with Gasteiger partial charge >= 0.3 is 0 Å². The summed E-state index contributed by atoms with van der Waals surface area (Å²) in [5.74, 6) is -0.688. The van der Waals surface area contributed by atoms with Gasteiger partial charge in [0, 0.05) is 23.5 Å². The monoisotopic (exact) mass is 407 g/mol. The second-order valence-corrected chi connectivity index (χ2v) is 7.88. The number of aryl methyl sites for hydroxylation is 1. The van der Waals surface area contributed by atoms with Crippen molar-refractivity contribution in [1.82, 2.24) is 15.2 Å². The maximum atomic E-state index is 12.4. The van der Waals surface area contributed by atoms with E-state index in [-0.39, 0.29) is 30.1 Å². The van der Waals surface area contributed by atoms with Gasteiger partial charge in [-0.1, -0.05) is 23.7 Å². The van der Waals surface area contributed by atoms with Crippen molar-refractivity contribution < 1.29 is 14.4 Å². The van der Waals surface area contributed by atoms with E-state index in [1.807, 2.05) is 6.92 Å². The summed E-state index contributed by atoms with van der Waals surface area (Å²) >= 11 is 8.10. The van der Waals surface area contributed by atoms with Crippen molar-refractivity contribution in [1.29, 1.82) is 0 Å². The Labute approximate surface area is 163 Å². The van der Waals surface area contributed by atoms with E-state index >= 15 is 0 Å². The zero-order chi connectivity index (χ0) is 18.7. The van der Waals surface area contributed by atoms with Gasteiger partial charge in [-0.3, -0.25) is 19.3 Å². The lowest BCUT2D eigenvalue weighted by atomic mass is 10.2. The number of benzene rings is 1. The molecule has 0 atom stereocenters. The zero-order valence-electron chi connectivity index (χ0n) is 13.7. The van der Waals surface area contributed by atoms with Crippen molar-refractivity contribution in [3.05, 3.63) is 55.8 Å². The van der Waals surface area contributed by atoms with E-state index < -0.39 is 0 Å². The van der Waals surface area contributed by atoms with Crippen LogP contribution < -0.4 is 5.32 Å². The topological polar surface area (TPSA) is 79.4 Å². The highest BCUT2D eigenvalue weighted by Gasteiger charge is 2.34. The largest absolute Gasteiger partial charge is 0.349 e. The van der Waals surface area contributed by atoms with Crippen LogP contribution in [0.5, 0.6) is 0 Å². The molecule has 0 aliphatic carbocycles. The van der Waals surface area contributed by atoms with Crippen LogP contribution in [0.3, 0.4) is 0 Å². The molecule has 3 amide bonds. The lowest BCUT2D eigenvalue weighted by Crippen LogP contribution is -2.37. The molecule has 134 valence electrons. The second-order valence-electron chi connectivity index (χ2n) is 5.39. The second kappa shape index (κ2) is 8.03. The Morgan fingerprint density at radius 1 is 1.31 bits per heavy atom. The fourth-order valence-corrected chi connectivity index (χ4v) is 3.83. The quantitative estimate of drug-likeness (QED) is 0.766.